The van der Waals surface area contributed by atoms with E-state index in [9.17, 15) is 0 Å². The Morgan fingerprint density at radius 1 is 1.24 bits per heavy atom. The number of ether oxygens (including phenoxy) is 1. The first-order valence-electron chi connectivity index (χ1n) is 8.41. The Hall–Kier alpha value is -1.13. The second-order valence-corrected chi connectivity index (χ2v) is 6.10. The highest BCUT2D eigenvalue weighted by atomic mass is 16.5. The molecule has 1 aromatic rings. The third-order valence-electron chi connectivity index (χ3n) is 4.65. The summed E-state index contributed by atoms with van der Waals surface area (Å²) in [5, 5.41) is 0. The van der Waals surface area contributed by atoms with Gasteiger partial charge in [0.1, 0.15) is 5.82 Å². The minimum atomic E-state index is 0.586. The molecule has 0 bridgehead atoms. The lowest BCUT2D eigenvalue weighted by Gasteiger charge is -2.28. The lowest BCUT2D eigenvalue weighted by molar-refractivity contribution is 0.122. The fourth-order valence-electron chi connectivity index (χ4n) is 3.41. The molecule has 0 saturated carbocycles. The van der Waals surface area contributed by atoms with E-state index in [1.54, 1.807) is 0 Å². The zero-order chi connectivity index (χ0) is 14.5. The summed E-state index contributed by atoms with van der Waals surface area (Å²) < 4.78 is 5.40. The molecule has 0 aliphatic carbocycles. The van der Waals surface area contributed by atoms with Crippen LogP contribution in [0.25, 0.3) is 0 Å². The molecule has 21 heavy (non-hydrogen) atoms. The van der Waals surface area contributed by atoms with Crippen LogP contribution in [0.1, 0.15) is 44.2 Å². The molecule has 0 radical (unpaired) electrons. The molecule has 1 atom stereocenters. The molecular formula is C17H27N3O. The molecule has 3 heterocycles. The van der Waals surface area contributed by atoms with Gasteiger partial charge in [0.25, 0.3) is 0 Å². The molecule has 4 nitrogen and oxygen atoms in total. The number of hydrogen-bond acceptors (Lipinski definition) is 4. The molecule has 0 unspecified atom stereocenters. The Morgan fingerprint density at radius 3 is 2.81 bits per heavy atom. The SMILES string of the molecule is CCCCN1CCC[C@@H]1c1ccc(N2CCOCC2)nc1. The maximum Gasteiger partial charge on any atom is 0.128 e. The van der Waals surface area contributed by atoms with Crippen LogP contribution in [0.3, 0.4) is 0 Å². The van der Waals surface area contributed by atoms with Crippen molar-refractivity contribution >= 4 is 5.82 Å². The van der Waals surface area contributed by atoms with Crippen molar-refractivity contribution in [1.82, 2.24) is 9.88 Å². The quantitative estimate of drug-likeness (QED) is 0.833. The van der Waals surface area contributed by atoms with Gasteiger partial charge in [0.15, 0.2) is 0 Å². The van der Waals surface area contributed by atoms with E-state index >= 15 is 0 Å². The fraction of sp³-hybridized carbons (Fsp3) is 0.706. The highest BCUT2D eigenvalue weighted by Crippen LogP contribution is 2.32. The van der Waals surface area contributed by atoms with E-state index in [0.29, 0.717) is 6.04 Å². The first-order valence-corrected chi connectivity index (χ1v) is 8.41. The van der Waals surface area contributed by atoms with Gasteiger partial charge in [0, 0.05) is 25.3 Å². The second kappa shape index (κ2) is 7.23. The molecule has 2 aliphatic heterocycles. The summed E-state index contributed by atoms with van der Waals surface area (Å²) in [5.41, 5.74) is 1.39. The Kier molecular flexibility index (Phi) is 5.09. The van der Waals surface area contributed by atoms with Crippen molar-refractivity contribution in [3.05, 3.63) is 23.9 Å². The molecule has 0 aromatic carbocycles. The summed E-state index contributed by atoms with van der Waals surface area (Å²) >= 11 is 0. The first kappa shape index (κ1) is 14.8. The summed E-state index contributed by atoms with van der Waals surface area (Å²) in [6, 6.07) is 5.06. The molecule has 3 rings (SSSR count). The topological polar surface area (TPSA) is 28.6 Å². The lowest BCUT2D eigenvalue weighted by atomic mass is 10.1. The van der Waals surface area contributed by atoms with Gasteiger partial charge in [-0.3, -0.25) is 4.90 Å². The minimum absolute atomic E-state index is 0.586. The number of morpholine rings is 1. The number of aromatic nitrogens is 1. The van der Waals surface area contributed by atoms with Gasteiger partial charge < -0.3 is 9.64 Å². The van der Waals surface area contributed by atoms with Gasteiger partial charge in [0.05, 0.1) is 13.2 Å². The number of likely N-dealkylation sites (tertiary alicyclic amines) is 1. The highest BCUT2D eigenvalue weighted by Gasteiger charge is 2.25. The zero-order valence-corrected chi connectivity index (χ0v) is 13.1. The van der Waals surface area contributed by atoms with Crippen LogP contribution >= 0.6 is 0 Å². The second-order valence-electron chi connectivity index (χ2n) is 6.10. The molecule has 2 saturated heterocycles. The maximum absolute atomic E-state index is 5.40. The van der Waals surface area contributed by atoms with Crippen LogP contribution in [0.4, 0.5) is 5.82 Å². The number of unbranched alkanes of at least 4 members (excludes halogenated alkanes) is 1. The highest BCUT2D eigenvalue weighted by molar-refractivity contribution is 5.40. The van der Waals surface area contributed by atoms with Gasteiger partial charge in [-0.05, 0) is 44.0 Å². The van der Waals surface area contributed by atoms with Gasteiger partial charge >= 0.3 is 0 Å². The van der Waals surface area contributed by atoms with Gasteiger partial charge in [-0.2, -0.15) is 0 Å². The fourth-order valence-corrected chi connectivity index (χ4v) is 3.41. The number of pyridine rings is 1. The monoisotopic (exact) mass is 289 g/mol. The molecule has 0 spiro atoms. The van der Waals surface area contributed by atoms with Crippen molar-refractivity contribution in [3.63, 3.8) is 0 Å². The summed E-state index contributed by atoms with van der Waals surface area (Å²) in [4.78, 5) is 9.66. The third-order valence-corrected chi connectivity index (χ3v) is 4.65. The van der Waals surface area contributed by atoms with Gasteiger partial charge in [-0.25, -0.2) is 4.98 Å². The average molecular weight is 289 g/mol. The van der Waals surface area contributed by atoms with Gasteiger partial charge in [-0.1, -0.05) is 19.4 Å². The van der Waals surface area contributed by atoms with E-state index in [0.717, 1.165) is 32.1 Å². The predicted octanol–water partition coefficient (Wildman–Crippen LogP) is 2.86. The Balaban J connectivity index is 1.65. The average Bonchev–Trinajstić information content (AvgIpc) is 3.02. The number of rotatable bonds is 5. The normalized spacial score (nSPS) is 23.7. The molecule has 0 N–H and O–H groups in total. The lowest BCUT2D eigenvalue weighted by Crippen LogP contribution is -2.36. The van der Waals surface area contributed by atoms with Crippen LogP contribution in [0, 0.1) is 0 Å². The Morgan fingerprint density at radius 2 is 2.10 bits per heavy atom. The van der Waals surface area contributed by atoms with Crippen molar-refractivity contribution in [1.29, 1.82) is 0 Å². The standard InChI is InChI=1S/C17H27N3O/c1-2-3-8-19-9-4-5-16(19)15-6-7-17(18-14-15)20-10-12-21-13-11-20/h6-7,14,16H,2-5,8-13H2,1H3/t16-/m1/s1. The predicted molar refractivity (Wildman–Crippen MR) is 85.7 cm³/mol. The van der Waals surface area contributed by atoms with Gasteiger partial charge in [-0.15, -0.1) is 0 Å². The van der Waals surface area contributed by atoms with Crippen molar-refractivity contribution in [2.45, 2.75) is 38.6 Å². The van der Waals surface area contributed by atoms with Crippen LogP contribution in [-0.4, -0.2) is 49.3 Å². The van der Waals surface area contributed by atoms with E-state index in [-0.39, 0.29) is 0 Å². The van der Waals surface area contributed by atoms with E-state index in [2.05, 4.69) is 35.1 Å². The summed E-state index contributed by atoms with van der Waals surface area (Å²) in [6.45, 7) is 8.29. The van der Waals surface area contributed by atoms with Crippen LogP contribution in [-0.2, 0) is 4.74 Å². The molecule has 4 heteroatoms. The van der Waals surface area contributed by atoms with Crippen LogP contribution in [0.5, 0.6) is 0 Å². The number of hydrogen-bond donors (Lipinski definition) is 0. The number of anilines is 1. The third kappa shape index (κ3) is 3.55. The van der Waals surface area contributed by atoms with E-state index < -0.39 is 0 Å². The molecule has 0 amide bonds. The Bertz CT molecular complexity index is 428. The summed E-state index contributed by atoms with van der Waals surface area (Å²) in [6.07, 6.45) is 7.27. The first-order chi connectivity index (χ1) is 10.4. The van der Waals surface area contributed by atoms with Crippen LogP contribution in [0.2, 0.25) is 0 Å². The smallest absolute Gasteiger partial charge is 0.128 e. The largest absolute Gasteiger partial charge is 0.378 e. The summed E-state index contributed by atoms with van der Waals surface area (Å²) in [5.74, 6) is 1.10. The Labute approximate surface area is 128 Å². The molecule has 1 aromatic heterocycles. The molecule has 2 aliphatic rings. The maximum atomic E-state index is 5.40. The summed E-state index contributed by atoms with van der Waals surface area (Å²) in [7, 11) is 0. The molecule has 116 valence electrons. The van der Waals surface area contributed by atoms with E-state index in [1.807, 2.05) is 0 Å². The van der Waals surface area contributed by atoms with Crippen LogP contribution in [0.15, 0.2) is 18.3 Å². The van der Waals surface area contributed by atoms with Gasteiger partial charge in [0.2, 0.25) is 0 Å². The minimum Gasteiger partial charge on any atom is -0.378 e. The van der Waals surface area contributed by atoms with Crippen molar-refractivity contribution in [2.75, 3.05) is 44.3 Å². The van der Waals surface area contributed by atoms with Crippen molar-refractivity contribution in [2.24, 2.45) is 0 Å². The van der Waals surface area contributed by atoms with Crippen molar-refractivity contribution in [3.8, 4) is 0 Å². The zero-order valence-electron chi connectivity index (χ0n) is 13.1. The van der Waals surface area contributed by atoms with E-state index in [4.69, 9.17) is 9.72 Å². The molecular weight excluding hydrogens is 262 g/mol. The van der Waals surface area contributed by atoms with Crippen LogP contribution < -0.4 is 4.90 Å². The number of nitrogens with zero attached hydrogens (tertiary/aromatic N) is 3. The van der Waals surface area contributed by atoms with Crippen molar-refractivity contribution < 1.29 is 4.74 Å². The molecule has 2 fully saturated rings. The van der Waals surface area contributed by atoms with E-state index in [1.165, 1.54) is 44.3 Å².